The van der Waals surface area contributed by atoms with Gasteiger partial charge in [-0.2, -0.15) is 0 Å². The number of carbonyl (C=O) groups excluding carboxylic acids is 2. The number of ether oxygens (including phenoxy) is 2. The van der Waals surface area contributed by atoms with Crippen molar-refractivity contribution in [2.45, 2.75) is 26.0 Å². The van der Waals surface area contributed by atoms with Gasteiger partial charge in [-0.05, 0) is 30.7 Å². The Kier molecular flexibility index (Phi) is 5.34. The molecule has 0 aliphatic carbocycles. The van der Waals surface area contributed by atoms with Gasteiger partial charge in [-0.3, -0.25) is 29.8 Å². The minimum atomic E-state index is -0.879. The molecule has 3 aromatic rings. The van der Waals surface area contributed by atoms with Crippen molar-refractivity contribution < 1.29 is 19.1 Å². The second-order valence-corrected chi connectivity index (χ2v) is 6.87. The molecule has 9 nitrogen and oxygen atoms in total. The van der Waals surface area contributed by atoms with Crippen LogP contribution in [0.1, 0.15) is 12.0 Å². The summed E-state index contributed by atoms with van der Waals surface area (Å²) >= 11 is 0. The molecule has 0 fully saturated rings. The number of para-hydroxylation sites is 3. The Morgan fingerprint density at radius 3 is 2.77 bits per heavy atom. The molecular weight excluding hydrogens is 388 g/mol. The van der Waals surface area contributed by atoms with Crippen molar-refractivity contribution in [3.8, 4) is 11.5 Å². The third-order valence-corrected chi connectivity index (χ3v) is 4.76. The number of hydrogen-bond donors (Lipinski definition) is 2. The molecule has 1 aliphatic rings. The molecule has 2 N–H and O–H groups in total. The zero-order chi connectivity index (χ0) is 21.1. The monoisotopic (exact) mass is 408 g/mol. The van der Waals surface area contributed by atoms with E-state index in [1.54, 1.807) is 36.4 Å². The Hall–Kier alpha value is -3.88. The van der Waals surface area contributed by atoms with Crippen LogP contribution in [0.4, 0.5) is 0 Å². The summed E-state index contributed by atoms with van der Waals surface area (Å²) < 4.78 is 12.4. The van der Waals surface area contributed by atoms with Gasteiger partial charge in [0.15, 0.2) is 11.5 Å². The second kappa shape index (κ2) is 8.24. The van der Waals surface area contributed by atoms with E-state index in [-0.39, 0.29) is 25.1 Å². The smallest absolute Gasteiger partial charge is 0.283 e. The average Bonchev–Trinajstić information content (AvgIpc) is 2.77. The molecule has 2 aromatic carbocycles. The van der Waals surface area contributed by atoms with E-state index in [4.69, 9.17) is 9.47 Å². The molecule has 0 radical (unpaired) electrons. The summed E-state index contributed by atoms with van der Waals surface area (Å²) in [5.41, 5.74) is 5.99. The standard InChI is InChI=1S/C21H20N4O5/c1-13-5-4-6-14-19(13)22-12-25(21(14)28)10-9-18(26)23-24-20(27)17-11-29-15-7-2-3-8-16(15)30-17/h2-8,12,17H,9-11H2,1H3,(H,23,26)(H,24,27). The summed E-state index contributed by atoms with van der Waals surface area (Å²) in [5, 5.41) is 0.501. The zero-order valence-corrected chi connectivity index (χ0v) is 16.3. The van der Waals surface area contributed by atoms with E-state index in [0.717, 1.165) is 5.56 Å². The van der Waals surface area contributed by atoms with E-state index >= 15 is 0 Å². The number of carbonyl (C=O) groups is 2. The molecule has 2 heterocycles. The van der Waals surface area contributed by atoms with Crippen LogP contribution >= 0.6 is 0 Å². The van der Waals surface area contributed by atoms with E-state index in [1.165, 1.54) is 10.9 Å². The van der Waals surface area contributed by atoms with Gasteiger partial charge in [0.05, 0.1) is 17.2 Å². The maximum Gasteiger partial charge on any atom is 0.283 e. The lowest BCUT2D eigenvalue weighted by molar-refractivity contribution is -0.135. The minimum absolute atomic E-state index is 0.00987. The molecule has 1 aromatic heterocycles. The van der Waals surface area contributed by atoms with Gasteiger partial charge in [0, 0.05) is 13.0 Å². The first-order valence-corrected chi connectivity index (χ1v) is 9.45. The SMILES string of the molecule is Cc1cccc2c(=O)n(CCC(=O)NNC(=O)C3COc4ccccc4O3)cnc12. The van der Waals surface area contributed by atoms with Crippen LogP contribution in [0.2, 0.25) is 0 Å². The largest absolute Gasteiger partial charge is 0.485 e. The van der Waals surface area contributed by atoms with Crippen LogP contribution in [0.3, 0.4) is 0 Å². The van der Waals surface area contributed by atoms with Crippen molar-refractivity contribution in [1.82, 2.24) is 20.4 Å². The summed E-state index contributed by atoms with van der Waals surface area (Å²) in [6, 6.07) is 12.4. The predicted octanol–water partition coefficient (Wildman–Crippen LogP) is 1.08. The number of aromatic nitrogens is 2. The second-order valence-electron chi connectivity index (χ2n) is 6.87. The molecule has 154 valence electrons. The molecule has 0 saturated carbocycles. The van der Waals surface area contributed by atoms with E-state index in [9.17, 15) is 14.4 Å². The molecule has 1 unspecified atom stereocenters. The summed E-state index contributed by atoms with van der Waals surface area (Å²) in [6.45, 7) is 2.05. The molecule has 1 aliphatic heterocycles. The molecule has 9 heteroatoms. The predicted molar refractivity (Wildman–Crippen MR) is 108 cm³/mol. The number of hydrogen-bond acceptors (Lipinski definition) is 6. The van der Waals surface area contributed by atoms with Gasteiger partial charge in [-0.1, -0.05) is 24.3 Å². The lowest BCUT2D eigenvalue weighted by Gasteiger charge is -2.25. The highest BCUT2D eigenvalue weighted by Crippen LogP contribution is 2.30. The topological polar surface area (TPSA) is 112 Å². The average molecular weight is 408 g/mol. The van der Waals surface area contributed by atoms with Gasteiger partial charge in [0.1, 0.15) is 6.61 Å². The fourth-order valence-corrected chi connectivity index (χ4v) is 3.14. The van der Waals surface area contributed by atoms with E-state index in [1.807, 2.05) is 13.0 Å². The van der Waals surface area contributed by atoms with Crippen molar-refractivity contribution in [3.05, 3.63) is 64.7 Å². The molecule has 0 saturated heterocycles. The van der Waals surface area contributed by atoms with E-state index in [0.29, 0.717) is 22.4 Å². The van der Waals surface area contributed by atoms with Crippen molar-refractivity contribution >= 4 is 22.7 Å². The number of amides is 2. The van der Waals surface area contributed by atoms with Crippen molar-refractivity contribution in [1.29, 1.82) is 0 Å². The van der Waals surface area contributed by atoms with Crippen LogP contribution < -0.4 is 25.9 Å². The number of aryl methyl sites for hydroxylation is 2. The molecule has 2 amide bonds. The molecule has 0 bridgehead atoms. The summed E-state index contributed by atoms with van der Waals surface area (Å²) in [6.07, 6.45) is 0.536. The highest BCUT2D eigenvalue weighted by atomic mass is 16.6. The molecule has 0 spiro atoms. The fraction of sp³-hybridized carbons (Fsp3) is 0.238. The first kappa shape index (κ1) is 19.4. The Morgan fingerprint density at radius 2 is 1.93 bits per heavy atom. The number of nitrogens with zero attached hydrogens (tertiary/aromatic N) is 2. The number of nitrogens with one attached hydrogen (secondary N) is 2. The maximum atomic E-state index is 12.6. The number of rotatable bonds is 4. The fourth-order valence-electron chi connectivity index (χ4n) is 3.14. The minimum Gasteiger partial charge on any atom is -0.485 e. The van der Waals surface area contributed by atoms with E-state index in [2.05, 4.69) is 15.8 Å². The van der Waals surface area contributed by atoms with Gasteiger partial charge in [-0.25, -0.2) is 4.98 Å². The summed E-state index contributed by atoms with van der Waals surface area (Å²) in [7, 11) is 0. The van der Waals surface area contributed by atoms with E-state index < -0.39 is 17.9 Å². The molecule has 30 heavy (non-hydrogen) atoms. The first-order valence-electron chi connectivity index (χ1n) is 9.45. The van der Waals surface area contributed by atoms with Gasteiger partial charge < -0.3 is 9.47 Å². The van der Waals surface area contributed by atoms with Crippen LogP contribution in [0.5, 0.6) is 11.5 Å². The van der Waals surface area contributed by atoms with Crippen molar-refractivity contribution in [2.75, 3.05) is 6.61 Å². The third-order valence-electron chi connectivity index (χ3n) is 4.76. The Balaban J connectivity index is 1.30. The number of fused-ring (bicyclic) bond motifs is 2. The third kappa shape index (κ3) is 3.95. The van der Waals surface area contributed by atoms with Crippen LogP contribution in [0.15, 0.2) is 53.6 Å². The van der Waals surface area contributed by atoms with Crippen LogP contribution in [0, 0.1) is 6.92 Å². The van der Waals surface area contributed by atoms with Gasteiger partial charge in [0.2, 0.25) is 12.0 Å². The lowest BCUT2D eigenvalue weighted by atomic mass is 10.1. The van der Waals surface area contributed by atoms with Crippen LogP contribution in [-0.2, 0) is 16.1 Å². The van der Waals surface area contributed by atoms with Crippen LogP contribution in [-0.4, -0.2) is 34.1 Å². The van der Waals surface area contributed by atoms with Crippen molar-refractivity contribution in [2.24, 2.45) is 0 Å². The number of hydrazine groups is 1. The first-order chi connectivity index (χ1) is 14.5. The summed E-state index contributed by atoms with van der Waals surface area (Å²) in [5.74, 6) is 0.0541. The molecule has 4 rings (SSSR count). The normalized spacial score (nSPS) is 14.9. The van der Waals surface area contributed by atoms with Gasteiger partial charge in [-0.15, -0.1) is 0 Å². The Labute approximate surface area is 171 Å². The Bertz CT molecular complexity index is 1170. The van der Waals surface area contributed by atoms with Crippen LogP contribution in [0.25, 0.3) is 10.9 Å². The molecule has 1 atom stereocenters. The molecular formula is C21H20N4O5. The zero-order valence-electron chi connectivity index (χ0n) is 16.3. The van der Waals surface area contributed by atoms with Crippen molar-refractivity contribution in [3.63, 3.8) is 0 Å². The van der Waals surface area contributed by atoms with Gasteiger partial charge >= 0.3 is 0 Å². The highest BCUT2D eigenvalue weighted by Gasteiger charge is 2.27. The summed E-state index contributed by atoms with van der Waals surface area (Å²) in [4.78, 5) is 41.2. The Morgan fingerprint density at radius 1 is 1.13 bits per heavy atom. The maximum absolute atomic E-state index is 12.6. The number of benzene rings is 2. The highest BCUT2D eigenvalue weighted by molar-refractivity contribution is 5.85. The lowest BCUT2D eigenvalue weighted by Crippen LogP contribution is -2.51. The van der Waals surface area contributed by atoms with Gasteiger partial charge in [0.25, 0.3) is 11.5 Å². The quantitative estimate of drug-likeness (QED) is 0.625.